The Balaban J connectivity index is 1.87. The van der Waals surface area contributed by atoms with Crippen molar-refractivity contribution in [3.63, 3.8) is 0 Å². The molecule has 1 saturated carbocycles. The first kappa shape index (κ1) is 15.3. The standard InChI is InChI=1S/C15H24BN5O/c1-2-3-8-17-15-18-9-12-13(16)20-21(14(12)19-15)10-4-6-11(22)7-5-10/h9-11,22H,2-8,16H2,1H3,(H,17,18,19). The molecule has 2 N–H and O–H groups in total. The number of rotatable bonds is 5. The molecule has 2 heterocycles. The molecule has 22 heavy (non-hydrogen) atoms. The number of aliphatic hydroxyl groups excluding tert-OH is 1. The van der Waals surface area contributed by atoms with Crippen LogP contribution in [0.15, 0.2) is 6.20 Å². The minimum atomic E-state index is -0.153. The number of nitrogens with one attached hydrogen (secondary N) is 1. The molecule has 0 bridgehead atoms. The molecule has 0 saturated heterocycles. The Morgan fingerprint density at radius 1 is 1.36 bits per heavy atom. The van der Waals surface area contributed by atoms with Crippen LogP contribution in [0.4, 0.5) is 5.95 Å². The lowest BCUT2D eigenvalue weighted by Gasteiger charge is -2.25. The summed E-state index contributed by atoms with van der Waals surface area (Å²) in [5.41, 5.74) is 1.88. The first-order chi connectivity index (χ1) is 10.7. The Hall–Kier alpha value is -1.63. The molecule has 1 fully saturated rings. The summed E-state index contributed by atoms with van der Waals surface area (Å²) in [5.74, 6) is 0.679. The van der Waals surface area contributed by atoms with Gasteiger partial charge in [0, 0.05) is 18.3 Å². The van der Waals surface area contributed by atoms with Crippen molar-refractivity contribution < 1.29 is 5.11 Å². The number of unbranched alkanes of at least 4 members (excludes halogenated alkanes) is 1. The fourth-order valence-corrected chi connectivity index (χ4v) is 3.09. The summed E-state index contributed by atoms with van der Waals surface area (Å²) < 4.78 is 2.04. The molecular weight excluding hydrogens is 277 g/mol. The lowest BCUT2D eigenvalue weighted by atomic mass is 9.93. The average molecular weight is 301 g/mol. The second-order valence-corrected chi connectivity index (χ2v) is 6.20. The number of hydrogen-bond donors (Lipinski definition) is 2. The maximum absolute atomic E-state index is 9.69. The van der Waals surface area contributed by atoms with Gasteiger partial charge in [-0.15, -0.1) is 0 Å². The molecule has 0 amide bonds. The van der Waals surface area contributed by atoms with E-state index in [9.17, 15) is 5.11 Å². The van der Waals surface area contributed by atoms with Gasteiger partial charge in [0.15, 0.2) is 13.5 Å². The molecule has 0 atom stereocenters. The molecule has 2 aromatic heterocycles. The summed E-state index contributed by atoms with van der Waals surface area (Å²) >= 11 is 0. The summed E-state index contributed by atoms with van der Waals surface area (Å²) in [4.78, 5) is 9.07. The van der Waals surface area contributed by atoms with Gasteiger partial charge in [0.2, 0.25) is 5.95 Å². The van der Waals surface area contributed by atoms with Crippen molar-refractivity contribution in [3.8, 4) is 0 Å². The summed E-state index contributed by atoms with van der Waals surface area (Å²) in [6.45, 7) is 3.06. The molecule has 0 aliphatic heterocycles. The molecule has 0 aromatic carbocycles. The lowest BCUT2D eigenvalue weighted by molar-refractivity contribution is 0.109. The molecular formula is C15H24BN5O. The maximum atomic E-state index is 9.69. The lowest BCUT2D eigenvalue weighted by Crippen LogP contribution is -2.23. The SMILES string of the molecule is Bc1nn(C2CCC(O)CC2)c2nc(NCCCC)ncc12. The smallest absolute Gasteiger partial charge is 0.224 e. The van der Waals surface area contributed by atoms with E-state index in [4.69, 9.17) is 0 Å². The molecule has 1 aliphatic rings. The van der Waals surface area contributed by atoms with Crippen LogP contribution in [-0.4, -0.2) is 45.3 Å². The first-order valence-corrected chi connectivity index (χ1v) is 8.32. The Bertz CT molecular complexity index is 636. The number of anilines is 1. The van der Waals surface area contributed by atoms with E-state index in [0.29, 0.717) is 12.0 Å². The fourth-order valence-electron chi connectivity index (χ4n) is 3.09. The van der Waals surface area contributed by atoms with Crippen LogP contribution in [0, 0.1) is 0 Å². The molecule has 3 rings (SSSR count). The van der Waals surface area contributed by atoms with Crippen molar-refractivity contribution in [1.82, 2.24) is 19.7 Å². The van der Waals surface area contributed by atoms with E-state index >= 15 is 0 Å². The molecule has 0 spiro atoms. The van der Waals surface area contributed by atoms with Crippen LogP contribution in [0.2, 0.25) is 0 Å². The Morgan fingerprint density at radius 2 is 2.14 bits per heavy atom. The minimum absolute atomic E-state index is 0.153. The van der Waals surface area contributed by atoms with Crippen LogP contribution in [0.3, 0.4) is 0 Å². The highest BCUT2D eigenvalue weighted by atomic mass is 16.3. The Labute approximate surface area is 131 Å². The largest absolute Gasteiger partial charge is 0.393 e. The van der Waals surface area contributed by atoms with E-state index in [1.807, 2.05) is 18.7 Å². The topological polar surface area (TPSA) is 75.9 Å². The Morgan fingerprint density at radius 3 is 2.86 bits per heavy atom. The number of hydrogen-bond acceptors (Lipinski definition) is 5. The molecule has 6 nitrogen and oxygen atoms in total. The number of nitrogens with zero attached hydrogens (tertiary/aromatic N) is 4. The monoisotopic (exact) mass is 301 g/mol. The quantitative estimate of drug-likeness (QED) is 0.630. The van der Waals surface area contributed by atoms with Gasteiger partial charge in [0.1, 0.15) is 0 Å². The summed E-state index contributed by atoms with van der Waals surface area (Å²) in [6, 6.07) is 0.331. The van der Waals surface area contributed by atoms with Gasteiger partial charge in [0.25, 0.3) is 0 Å². The molecule has 0 unspecified atom stereocenters. The predicted molar refractivity (Wildman–Crippen MR) is 90.4 cm³/mol. The first-order valence-electron chi connectivity index (χ1n) is 8.32. The van der Waals surface area contributed by atoms with E-state index in [0.717, 1.165) is 61.7 Å². The van der Waals surface area contributed by atoms with Crippen molar-refractivity contribution in [2.75, 3.05) is 11.9 Å². The fraction of sp³-hybridized carbons (Fsp3) is 0.667. The molecule has 0 radical (unpaired) electrons. The van der Waals surface area contributed by atoms with Crippen molar-refractivity contribution in [3.05, 3.63) is 6.20 Å². The molecule has 2 aromatic rings. The normalized spacial score (nSPS) is 22.1. The van der Waals surface area contributed by atoms with Gasteiger partial charge in [-0.3, -0.25) is 0 Å². The van der Waals surface area contributed by atoms with E-state index in [1.165, 1.54) is 0 Å². The number of aliphatic hydroxyl groups is 1. The summed E-state index contributed by atoms with van der Waals surface area (Å²) in [5, 5.41) is 18.7. The van der Waals surface area contributed by atoms with Crippen molar-refractivity contribution in [2.24, 2.45) is 0 Å². The van der Waals surface area contributed by atoms with Crippen LogP contribution in [-0.2, 0) is 0 Å². The zero-order chi connectivity index (χ0) is 15.5. The van der Waals surface area contributed by atoms with Gasteiger partial charge in [-0.05, 0) is 32.1 Å². The van der Waals surface area contributed by atoms with E-state index in [1.54, 1.807) is 0 Å². The Kier molecular flexibility index (Phi) is 4.61. The molecule has 1 aliphatic carbocycles. The number of aromatic nitrogens is 4. The third kappa shape index (κ3) is 3.09. The summed E-state index contributed by atoms with van der Waals surface area (Å²) in [7, 11) is 2.00. The van der Waals surface area contributed by atoms with E-state index in [2.05, 4.69) is 27.3 Å². The van der Waals surface area contributed by atoms with Gasteiger partial charge >= 0.3 is 0 Å². The minimum Gasteiger partial charge on any atom is -0.393 e. The zero-order valence-electron chi connectivity index (χ0n) is 13.4. The third-order valence-electron chi connectivity index (χ3n) is 4.46. The van der Waals surface area contributed by atoms with Crippen molar-refractivity contribution in [2.45, 2.75) is 57.6 Å². The predicted octanol–water partition coefficient (Wildman–Crippen LogP) is 0.773. The zero-order valence-corrected chi connectivity index (χ0v) is 13.4. The second-order valence-electron chi connectivity index (χ2n) is 6.20. The van der Waals surface area contributed by atoms with Gasteiger partial charge in [-0.25, -0.2) is 9.67 Å². The van der Waals surface area contributed by atoms with Gasteiger partial charge < -0.3 is 10.4 Å². The molecule has 118 valence electrons. The van der Waals surface area contributed by atoms with E-state index in [-0.39, 0.29) is 6.10 Å². The number of fused-ring (bicyclic) bond motifs is 1. The van der Waals surface area contributed by atoms with Crippen LogP contribution < -0.4 is 10.9 Å². The van der Waals surface area contributed by atoms with Gasteiger partial charge in [-0.1, -0.05) is 13.3 Å². The summed E-state index contributed by atoms with van der Waals surface area (Å²) in [6.07, 6.45) is 7.58. The average Bonchev–Trinajstić information content (AvgIpc) is 2.85. The van der Waals surface area contributed by atoms with Gasteiger partial charge in [0.05, 0.1) is 17.5 Å². The van der Waals surface area contributed by atoms with Crippen molar-refractivity contribution in [1.29, 1.82) is 0 Å². The maximum Gasteiger partial charge on any atom is 0.224 e. The highest BCUT2D eigenvalue weighted by Crippen LogP contribution is 2.29. The van der Waals surface area contributed by atoms with Crippen LogP contribution in [0.25, 0.3) is 11.0 Å². The second kappa shape index (κ2) is 6.65. The third-order valence-corrected chi connectivity index (χ3v) is 4.46. The highest BCUT2D eigenvalue weighted by molar-refractivity contribution is 6.36. The van der Waals surface area contributed by atoms with Gasteiger partial charge in [-0.2, -0.15) is 10.1 Å². The molecule has 7 heteroatoms. The highest BCUT2D eigenvalue weighted by Gasteiger charge is 2.24. The van der Waals surface area contributed by atoms with Crippen LogP contribution in [0.5, 0.6) is 0 Å². The van der Waals surface area contributed by atoms with Crippen molar-refractivity contribution >= 4 is 30.4 Å². The van der Waals surface area contributed by atoms with E-state index < -0.39 is 0 Å². The van der Waals surface area contributed by atoms with Crippen LogP contribution >= 0.6 is 0 Å². The van der Waals surface area contributed by atoms with Crippen LogP contribution in [0.1, 0.15) is 51.5 Å².